The molecule has 3 saturated heterocycles. The Bertz CT molecular complexity index is 1260. The van der Waals surface area contributed by atoms with E-state index < -0.39 is 35.4 Å². The van der Waals surface area contributed by atoms with E-state index in [2.05, 4.69) is 22.1 Å². The highest BCUT2D eigenvalue weighted by atomic mass is 16.6. The summed E-state index contributed by atoms with van der Waals surface area (Å²) in [5.74, 6) is 3.87. The standard InChI is InChI=1S/C39H58N2O8/c42-20-8-7-9-24-14-19-30-29(23-24)39(38(47)40-30)31(36(44)45)33-37(46)49-34(26-12-5-2-6-13-26)32(25-10-3-1-4-11-25)41(33)35(39)27-15-17-28(18-16-27)48-22-21-43/h24-35,42-43H,1-6,8,10-23H2,(H,40,47)(H,44,45)/t24?,27?,28?,29?,30?,31-,32-,33-,34+,35+,39-/m1/s1. The summed E-state index contributed by atoms with van der Waals surface area (Å²) < 4.78 is 12.6. The predicted molar refractivity (Wildman–Crippen MR) is 181 cm³/mol. The molecule has 7 rings (SSSR count). The number of fused-ring (bicyclic) bond motifs is 3. The molecule has 7 aliphatic rings. The van der Waals surface area contributed by atoms with Crippen molar-refractivity contribution in [3.8, 4) is 11.8 Å². The third-order valence-corrected chi connectivity index (χ3v) is 14.0. The Kier molecular flexibility index (Phi) is 10.9. The fourth-order valence-corrected chi connectivity index (χ4v) is 12.2. The minimum atomic E-state index is -1.28. The van der Waals surface area contributed by atoms with Gasteiger partial charge in [0.25, 0.3) is 0 Å². The Morgan fingerprint density at radius 1 is 0.878 bits per heavy atom. The minimum Gasteiger partial charge on any atom is -0.481 e. The number of aliphatic carboxylic acids is 1. The topological polar surface area (TPSA) is 146 Å². The van der Waals surface area contributed by atoms with Gasteiger partial charge < -0.3 is 30.1 Å². The van der Waals surface area contributed by atoms with E-state index in [-0.39, 0.29) is 73.0 Å². The van der Waals surface area contributed by atoms with Gasteiger partial charge in [-0.15, -0.1) is 5.92 Å². The van der Waals surface area contributed by atoms with E-state index >= 15 is 0 Å². The Labute approximate surface area is 291 Å². The van der Waals surface area contributed by atoms with Gasteiger partial charge in [-0.05, 0) is 94.3 Å². The first-order chi connectivity index (χ1) is 23.9. The number of hydrogen-bond donors (Lipinski definition) is 4. The van der Waals surface area contributed by atoms with Gasteiger partial charge in [0.15, 0.2) is 0 Å². The lowest BCUT2D eigenvalue weighted by molar-refractivity contribution is -0.191. The van der Waals surface area contributed by atoms with Crippen LogP contribution in [0.5, 0.6) is 0 Å². The Morgan fingerprint density at radius 3 is 2.22 bits per heavy atom. The third kappa shape index (κ3) is 6.33. The first kappa shape index (κ1) is 35.2. The average molecular weight is 683 g/mol. The summed E-state index contributed by atoms with van der Waals surface area (Å²) in [6, 6.07) is -1.65. The predicted octanol–water partition coefficient (Wildman–Crippen LogP) is 4.05. The summed E-state index contributed by atoms with van der Waals surface area (Å²) in [5.41, 5.74) is -1.28. The molecule has 0 aromatic carbocycles. The first-order valence-corrected chi connectivity index (χ1v) is 19.7. The number of hydrogen-bond acceptors (Lipinski definition) is 8. The minimum absolute atomic E-state index is 0.00351. The van der Waals surface area contributed by atoms with Crippen molar-refractivity contribution in [2.45, 2.75) is 152 Å². The molecule has 10 heteroatoms. The van der Waals surface area contributed by atoms with Gasteiger partial charge in [-0.25, -0.2) is 0 Å². The fourth-order valence-electron chi connectivity index (χ4n) is 12.2. The largest absolute Gasteiger partial charge is 0.481 e. The van der Waals surface area contributed by atoms with Crippen LogP contribution in [0.15, 0.2) is 0 Å². The Hall–Kier alpha value is -2.19. The van der Waals surface area contributed by atoms with Crippen LogP contribution in [0.1, 0.15) is 116 Å². The number of rotatable bonds is 8. The molecule has 0 aromatic rings. The van der Waals surface area contributed by atoms with Gasteiger partial charge in [0.2, 0.25) is 5.91 Å². The number of cyclic esters (lactones) is 1. The number of nitrogens with zero attached hydrogens (tertiary/aromatic N) is 1. The molecule has 1 amide bonds. The fraction of sp³-hybridized carbons (Fsp3) is 0.872. The lowest BCUT2D eigenvalue weighted by Gasteiger charge is -2.54. The maximum atomic E-state index is 14.9. The monoisotopic (exact) mass is 682 g/mol. The molecule has 10 nitrogen and oxygen atoms in total. The molecule has 49 heavy (non-hydrogen) atoms. The van der Waals surface area contributed by atoms with Crippen molar-refractivity contribution < 1.29 is 39.2 Å². The van der Waals surface area contributed by atoms with Crippen molar-refractivity contribution in [3.05, 3.63) is 0 Å². The molecular weight excluding hydrogens is 624 g/mol. The van der Waals surface area contributed by atoms with Crippen LogP contribution in [0.2, 0.25) is 0 Å². The lowest BCUT2D eigenvalue weighted by atomic mass is 9.56. The van der Waals surface area contributed by atoms with E-state index in [9.17, 15) is 29.7 Å². The number of morpholine rings is 1. The Balaban J connectivity index is 1.36. The van der Waals surface area contributed by atoms with E-state index in [1.165, 1.54) is 12.8 Å². The van der Waals surface area contributed by atoms with Crippen LogP contribution in [0, 0.1) is 52.8 Å². The van der Waals surface area contributed by atoms with Crippen molar-refractivity contribution >= 4 is 17.8 Å². The molecular formula is C39H58N2O8. The second kappa shape index (κ2) is 15.2. The van der Waals surface area contributed by atoms with E-state index in [1.54, 1.807) is 0 Å². The van der Waals surface area contributed by atoms with Crippen molar-refractivity contribution in [1.29, 1.82) is 0 Å². The quantitative estimate of drug-likeness (QED) is 0.220. The molecule has 4 aliphatic carbocycles. The van der Waals surface area contributed by atoms with Gasteiger partial charge in [-0.2, -0.15) is 0 Å². The van der Waals surface area contributed by atoms with Crippen LogP contribution in [0.4, 0.5) is 0 Å². The van der Waals surface area contributed by atoms with Gasteiger partial charge in [-0.1, -0.05) is 44.4 Å². The Morgan fingerprint density at radius 2 is 1.57 bits per heavy atom. The molecule has 0 bridgehead atoms. The summed E-state index contributed by atoms with van der Waals surface area (Å²) in [5, 5.41) is 33.4. The van der Waals surface area contributed by atoms with Gasteiger partial charge in [0, 0.05) is 24.4 Å². The zero-order chi connectivity index (χ0) is 34.1. The number of esters is 1. The summed E-state index contributed by atoms with van der Waals surface area (Å²) in [7, 11) is 0. The zero-order valence-corrected chi connectivity index (χ0v) is 29.1. The van der Waals surface area contributed by atoms with Crippen LogP contribution in [0.25, 0.3) is 0 Å². The summed E-state index contributed by atoms with van der Waals surface area (Å²) in [6.45, 7) is 0.259. The molecule has 9 atom stereocenters. The van der Waals surface area contributed by atoms with Gasteiger partial charge in [-0.3, -0.25) is 19.3 Å². The summed E-state index contributed by atoms with van der Waals surface area (Å²) in [4.78, 5) is 45.7. The molecule has 3 heterocycles. The maximum absolute atomic E-state index is 14.9. The van der Waals surface area contributed by atoms with Gasteiger partial charge in [0.05, 0.1) is 43.3 Å². The van der Waals surface area contributed by atoms with Crippen molar-refractivity contribution in [3.63, 3.8) is 0 Å². The number of carbonyl (C=O) groups is 3. The van der Waals surface area contributed by atoms with Crippen LogP contribution >= 0.6 is 0 Å². The van der Waals surface area contributed by atoms with E-state index in [0.29, 0.717) is 19.4 Å². The molecule has 7 fully saturated rings. The molecule has 3 aliphatic heterocycles. The normalized spacial score (nSPS) is 41.8. The summed E-state index contributed by atoms with van der Waals surface area (Å²) in [6.07, 6.45) is 16.4. The van der Waals surface area contributed by atoms with Crippen LogP contribution in [0.3, 0.4) is 0 Å². The number of carbonyl (C=O) groups excluding carboxylic acids is 2. The highest BCUT2D eigenvalue weighted by Gasteiger charge is 2.77. The second-order valence-corrected chi connectivity index (χ2v) is 16.4. The number of aliphatic hydroxyl groups excluding tert-OH is 2. The number of carboxylic acids is 1. The van der Waals surface area contributed by atoms with Gasteiger partial charge >= 0.3 is 11.9 Å². The first-order valence-electron chi connectivity index (χ1n) is 19.7. The molecule has 4 N–H and O–H groups in total. The van der Waals surface area contributed by atoms with Crippen molar-refractivity contribution in [1.82, 2.24) is 10.2 Å². The summed E-state index contributed by atoms with van der Waals surface area (Å²) >= 11 is 0. The molecule has 0 radical (unpaired) electrons. The number of aliphatic hydroxyl groups is 2. The lowest BCUT2D eigenvalue weighted by Crippen LogP contribution is -2.66. The number of amides is 1. The highest BCUT2D eigenvalue weighted by Crippen LogP contribution is 2.64. The third-order valence-electron chi connectivity index (χ3n) is 14.0. The second-order valence-electron chi connectivity index (χ2n) is 16.4. The van der Waals surface area contributed by atoms with Gasteiger partial charge in [0.1, 0.15) is 12.1 Å². The highest BCUT2D eigenvalue weighted by molar-refractivity contribution is 5.97. The SMILES string of the molecule is O=C1O[C@@H](C2CCCCC2)[C@@H](C2CCCCC2)N2[C@@H](C3CCC(OCCO)CC3)[C@]3(C(=O)NC4CCC(C#CCCO)CC43)[C@@H](C(=O)O)[C@H]12. The van der Waals surface area contributed by atoms with Crippen molar-refractivity contribution in [2.24, 2.45) is 40.9 Å². The number of nitrogens with one attached hydrogen (secondary N) is 1. The molecule has 4 saturated carbocycles. The van der Waals surface area contributed by atoms with E-state index in [4.69, 9.17) is 9.47 Å². The molecule has 1 spiro atoms. The maximum Gasteiger partial charge on any atom is 0.324 e. The van der Waals surface area contributed by atoms with Crippen LogP contribution in [-0.2, 0) is 23.9 Å². The van der Waals surface area contributed by atoms with Crippen LogP contribution in [-0.4, -0.2) is 94.3 Å². The smallest absolute Gasteiger partial charge is 0.324 e. The van der Waals surface area contributed by atoms with E-state index in [1.807, 2.05) is 0 Å². The van der Waals surface area contributed by atoms with Crippen LogP contribution < -0.4 is 5.32 Å². The molecule has 272 valence electrons. The van der Waals surface area contributed by atoms with Crippen molar-refractivity contribution in [2.75, 3.05) is 19.8 Å². The average Bonchev–Trinajstić information content (AvgIpc) is 3.60. The number of ether oxygens (including phenoxy) is 2. The van der Waals surface area contributed by atoms with E-state index in [0.717, 1.165) is 89.9 Å². The zero-order valence-electron chi connectivity index (χ0n) is 29.1. The molecule has 3 unspecified atom stereocenters. The molecule has 0 aromatic heterocycles. The number of carboxylic acid groups (broad SMARTS) is 1.